The normalized spacial score (nSPS) is 21.2. The van der Waals surface area contributed by atoms with Gasteiger partial charge in [-0.2, -0.15) is 5.10 Å². The molecule has 2 aromatic heterocycles. The highest BCUT2D eigenvalue weighted by Gasteiger charge is 2.56. The van der Waals surface area contributed by atoms with E-state index in [-0.39, 0.29) is 12.4 Å². The summed E-state index contributed by atoms with van der Waals surface area (Å²) in [6.45, 7) is 4.23. The van der Waals surface area contributed by atoms with Gasteiger partial charge in [-0.1, -0.05) is 18.2 Å². The molecule has 1 spiro atoms. The number of nitrogens with zero attached hydrogens (tertiary/aromatic N) is 4. The molecule has 1 aromatic carbocycles. The first-order valence-corrected chi connectivity index (χ1v) is 8.75. The lowest BCUT2D eigenvalue weighted by atomic mass is 9.92. The minimum atomic E-state index is 0. The van der Waals surface area contributed by atoms with Crippen LogP contribution < -0.4 is 5.32 Å². The zero-order chi connectivity index (χ0) is 16.1. The van der Waals surface area contributed by atoms with Crippen molar-refractivity contribution in [1.29, 1.82) is 0 Å². The number of hydrogen-bond acceptors (Lipinski definition) is 4. The number of pyridine rings is 1. The van der Waals surface area contributed by atoms with E-state index in [4.69, 9.17) is 10.1 Å². The molecule has 6 heteroatoms. The molecule has 0 amide bonds. The molecule has 1 saturated heterocycles. The van der Waals surface area contributed by atoms with Gasteiger partial charge in [-0.25, -0.2) is 9.67 Å². The standard InChI is InChI=1S/C19H21N5.ClH/c1-13-22-18(15-12-19(15)7-10-20-11-8-19)24(23-13)16-6-2-4-14-5-3-9-21-17(14)16;/h2-6,9,15,20H,7-8,10-12H2,1H3;1H. The Bertz CT molecular complexity index is 908. The quantitative estimate of drug-likeness (QED) is 0.765. The molecule has 1 aliphatic heterocycles. The van der Waals surface area contributed by atoms with Crippen molar-refractivity contribution in [2.75, 3.05) is 13.1 Å². The fourth-order valence-electron chi connectivity index (χ4n) is 4.28. The predicted octanol–water partition coefficient (Wildman–Crippen LogP) is 3.40. The van der Waals surface area contributed by atoms with Crippen LogP contribution in [0.1, 0.15) is 36.8 Å². The van der Waals surface area contributed by atoms with Crippen LogP contribution in [-0.4, -0.2) is 32.8 Å². The molecule has 1 atom stereocenters. The molecule has 0 radical (unpaired) electrons. The van der Waals surface area contributed by atoms with Gasteiger partial charge < -0.3 is 5.32 Å². The number of para-hydroxylation sites is 1. The van der Waals surface area contributed by atoms with E-state index in [0.717, 1.165) is 41.3 Å². The lowest BCUT2D eigenvalue weighted by Crippen LogP contribution is -2.29. The Morgan fingerprint density at radius 3 is 2.80 bits per heavy atom. The lowest BCUT2D eigenvalue weighted by Gasteiger charge is -2.23. The second-order valence-electron chi connectivity index (χ2n) is 7.15. The van der Waals surface area contributed by atoms with E-state index < -0.39 is 0 Å². The smallest absolute Gasteiger partial charge is 0.148 e. The van der Waals surface area contributed by atoms with E-state index in [0.29, 0.717) is 11.3 Å². The second-order valence-corrected chi connectivity index (χ2v) is 7.15. The van der Waals surface area contributed by atoms with E-state index in [9.17, 15) is 0 Å². The number of aromatic nitrogens is 4. The highest BCUT2D eigenvalue weighted by atomic mass is 35.5. The monoisotopic (exact) mass is 355 g/mol. The summed E-state index contributed by atoms with van der Waals surface area (Å²) in [4.78, 5) is 9.40. The Labute approximate surface area is 153 Å². The van der Waals surface area contributed by atoms with Crippen LogP contribution >= 0.6 is 12.4 Å². The van der Waals surface area contributed by atoms with Crippen molar-refractivity contribution >= 4 is 23.3 Å². The third kappa shape index (κ3) is 2.62. The van der Waals surface area contributed by atoms with Gasteiger partial charge in [0.15, 0.2) is 0 Å². The summed E-state index contributed by atoms with van der Waals surface area (Å²) in [7, 11) is 0. The van der Waals surface area contributed by atoms with E-state index >= 15 is 0 Å². The van der Waals surface area contributed by atoms with Gasteiger partial charge in [0, 0.05) is 17.5 Å². The number of piperidine rings is 1. The molecule has 1 saturated carbocycles. The molecule has 3 aromatic rings. The average molecular weight is 356 g/mol. The van der Waals surface area contributed by atoms with Crippen LogP contribution in [0.5, 0.6) is 0 Å². The Kier molecular flexibility index (Phi) is 4.01. The first-order valence-electron chi connectivity index (χ1n) is 8.75. The van der Waals surface area contributed by atoms with E-state index in [1.165, 1.54) is 19.3 Å². The first kappa shape index (κ1) is 16.5. The second kappa shape index (κ2) is 6.07. The van der Waals surface area contributed by atoms with Gasteiger partial charge in [0.1, 0.15) is 11.6 Å². The molecule has 2 aliphatic rings. The Morgan fingerprint density at radius 1 is 1.16 bits per heavy atom. The lowest BCUT2D eigenvalue weighted by molar-refractivity contribution is 0.339. The van der Waals surface area contributed by atoms with Crippen molar-refractivity contribution in [3.63, 3.8) is 0 Å². The number of aryl methyl sites for hydroxylation is 1. The summed E-state index contributed by atoms with van der Waals surface area (Å²) in [6.07, 6.45) is 5.58. The highest BCUT2D eigenvalue weighted by molar-refractivity contribution is 5.86. The Balaban J connectivity index is 0.00000157. The van der Waals surface area contributed by atoms with Crippen LogP contribution in [0.2, 0.25) is 0 Å². The third-order valence-electron chi connectivity index (χ3n) is 5.68. The molecule has 5 nitrogen and oxygen atoms in total. The highest BCUT2D eigenvalue weighted by Crippen LogP contribution is 2.64. The van der Waals surface area contributed by atoms with Crippen molar-refractivity contribution in [3.05, 3.63) is 48.2 Å². The largest absolute Gasteiger partial charge is 0.317 e. The summed E-state index contributed by atoms with van der Waals surface area (Å²) < 4.78 is 2.05. The maximum Gasteiger partial charge on any atom is 0.148 e. The van der Waals surface area contributed by atoms with Gasteiger partial charge in [-0.05, 0) is 56.8 Å². The van der Waals surface area contributed by atoms with Crippen LogP contribution in [-0.2, 0) is 0 Å². The third-order valence-corrected chi connectivity index (χ3v) is 5.68. The molecular formula is C19H22ClN5. The summed E-state index contributed by atoms with van der Waals surface area (Å²) in [5.74, 6) is 2.49. The van der Waals surface area contributed by atoms with Gasteiger partial charge in [0.25, 0.3) is 0 Å². The van der Waals surface area contributed by atoms with Crippen LogP contribution in [0.15, 0.2) is 36.5 Å². The van der Waals surface area contributed by atoms with Crippen LogP contribution in [0.4, 0.5) is 0 Å². The average Bonchev–Trinajstić information content (AvgIpc) is 3.15. The van der Waals surface area contributed by atoms with Crippen molar-refractivity contribution in [2.45, 2.75) is 32.1 Å². The molecule has 1 unspecified atom stereocenters. The number of fused-ring (bicyclic) bond motifs is 1. The molecule has 2 fully saturated rings. The predicted molar refractivity (Wildman–Crippen MR) is 101 cm³/mol. The number of halogens is 1. The number of benzene rings is 1. The van der Waals surface area contributed by atoms with Crippen LogP contribution in [0, 0.1) is 12.3 Å². The van der Waals surface area contributed by atoms with Crippen molar-refractivity contribution in [1.82, 2.24) is 25.1 Å². The summed E-state index contributed by atoms with van der Waals surface area (Å²) in [5, 5.41) is 9.34. The Hall–Kier alpha value is -1.98. The summed E-state index contributed by atoms with van der Waals surface area (Å²) in [5.41, 5.74) is 2.48. The molecule has 5 rings (SSSR count). The van der Waals surface area contributed by atoms with Gasteiger partial charge in [-0.15, -0.1) is 12.4 Å². The number of nitrogens with one attached hydrogen (secondary N) is 1. The van der Waals surface area contributed by atoms with Gasteiger partial charge >= 0.3 is 0 Å². The number of rotatable bonds is 2. The maximum atomic E-state index is 4.81. The number of hydrogen-bond donors (Lipinski definition) is 1. The van der Waals surface area contributed by atoms with Crippen molar-refractivity contribution < 1.29 is 0 Å². The minimum Gasteiger partial charge on any atom is -0.317 e. The fourth-order valence-corrected chi connectivity index (χ4v) is 4.28. The van der Waals surface area contributed by atoms with E-state index in [1.807, 2.05) is 23.9 Å². The fraction of sp³-hybridized carbons (Fsp3) is 0.421. The van der Waals surface area contributed by atoms with Gasteiger partial charge in [0.05, 0.1) is 11.2 Å². The molecule has 1 N–H and O–H groups in total. The summed E-state index contributed by atoms with van der Waals surface area (Å²) >= 11 is 0. The van der Waals surface area contributed by atoms with Crippen molar-refractivity contribution in [2.24, 2.45) is 5.41 Å². The molecule has 1 aliphatic carbocycles. The Morgan fingerprint density at radius 2 is 1.96 bits per heavy atom. The first-order chi connectivity index (χ1) is 11.8. The zero-order valence-electron chi connectivity index (χ0n) is 14.3. The van der Waals surface area contributed by atoms with Crippen LogP contribution in [0.25, 0.3) is 16.6 Å². The van der Waals surface area contributed by atoms with Gasteiger partial charge in [-0.3, -0.25) is 4.98 Å². The maximum absolute atomic E-state index is 4.81. The zero-order valence-corrected chi connectivity index (χ0v) is 15.1. The minimum absolute atomic E-state index is 0. The topological polar surface area (TPSA) is 55.6 Å². The van der Waals surface area contributed by atoms with E-state index in [1.54, 1.807) is 0 Å². The van der Waals surface area contributed by atoms with Gasteiger partial charge in [0.2, 0.25) is 0 Å². The molecule has 130 valence electrons. The summed E-state index contributed by atoms with van der Waals surface area (Å²) in [6, 6.07) is 10.4. The molecule has 3 heterocycles. The molecular weight excluding hydrogens is 334 g/mol. The van der Waals surface area contributed by atoms with Crippen LogP contribution in [0.3, 0.4) is 0 Å². The molecule has 25 heavy (non-hydrogen) atoms. The van der Waals surface area contributed by atoms with E-state index in [2.05, 4.69) is 34.6 Å². The van der Waals surface area contributed by atoms with Crippen molar-refractivity contribution in [3.8, 4) is 5.69 Å². The molecule has 0 bridgehead atoms. The SMILES string of the molecule is Cc1nc(C2CC23CCNCC3)n(-c2cccc3cccnc23)n1.Cl.